The van der Waals surface area contributed by atoms with Gasteiger partial charge in [-0.05, 0) is 39.4 Å². The normalized spacial score (nSPS) is 21.0. The van der Waals surface area contributed by atoms with Gasteiger partial charge in [-0.1, -0.05) is 0 Å². The van der Waals surface area contributed by atoms with Gasteiger partial charge in [-0.3, -0.25) is 0 Å². The van der Waals surface area contributed by atoms with Crippen LogP contribution in [0.3, 0.4) is 0 Å². The minimum absolute atomic E-state index is 0.688. The Bertz CT molecular complexity index is 548. The Balaban J connectivity index is 1.84. The molecular formula is C14H21N5. The van der Waals surface area contributed by atoms with Gasteiger partial charge in [0.25, 0.3) is 0 Å². The molecule has 2 aromatic rings. The first-order chi connectivity index (χ1) is 9.25. The van der Waals surface area contributed by atoms with E-state index >= 15 is 0 Å². The van der Waals surface area contributed by atoms with Crippen LogP contribution in [0.5, 0.6) is 0 Å². The van der Waals surface area contributed by atoms with Crippen LogP contribution in [0.1, 0.15) is 19.3 Å². The first-order valence-corrected chi connectivity index (χ1v) is 6.95. The number of fused-ring (bicyclic) bond motifs is 1. The molecule has 3 heterocycles. The van der Waals surface area contributed by atoms with E-state index in [4.69, 9.17) is 0 Å². The number of aromatic amines is 1. The van der Waals surface area contributed by atoms with Gasteiger partial charge in [0.05, 0.1) is 5.39 Å². The molecule has 5 nitrogen and oxygen atoms in total. The molecule has 0 unspecified atom stereocenters. The molecule has 1 aliphatic rings. The monoisotopic (exact) mass is 259 g/mol. The fourth-order valence-corrected chi connectivity index (χ4v) is 2.92. The minimum atomic E-state index is 0.688. The number of nitrogens with zero attached hydrogens (tertiary/aromatic N) is 4. The highest BCUT2D eigenvalue weighted by molar-refractivity contribution is 5.87. The number of rotatable bonds is 2. The van der Waals surface area contributed by atoms with Crippen molar-refractivity contribution in [3.05, 3.63) is 18.6 Å². The Kier molecular flexibility index (Phi) is 3.38. The SMILES string of the molecule is CN(C)[C@@H]1CCCN(c2ncnc3[nH]ccc23)CC1. The summed E-state index contributed by atoms with van der Waals surface area (Å²) in [6.45, 7) is 2.15. The number of aromatic nitrogens is 3. The lowest BCUT2D eigenvalue weighted by Crippen LogP contribution is -2.30. The maximum absolute atomic E-state index is 4.50. The summed E-state index contributed by atoms with van der Waals surface area (Å²) in [4.78, 5) is 16.7. The molecule has 0 bridgehead atoms. The van der Waals surface area contributed by atoms with E-state index in [9.17, 15) is 0 Å². The minimum Gasteiger partial charge on any atom is -0.356 e. The van der Waals surface area contributed by atoms with Gasteiger partial charge in [0, 0.05) is 25.3 Å². The summed E-state index contributed by atoms with van der Waals surface area (Å²) < 4.78 is 0. The van der Waals surface area contributed by atoms with Crippen LogP contribution in [0, 0.1) is 0 Å². The lowest BCUT2D eigenvalue weighted by atomic mass is 10.1. The smallest absolute Gasteiger partial charge is 0.142 e. The molecule has 102 valence electrons. The van der Waals surface area contributed by atoms with Crippen molar-refractivity contribution in [3.63, 3.8) is 0 Å². The summed E-state index contributed by atoms with van der Waals surface area (Å²) in [5.74, 6) is 1.07. The third-order valence-electron chi connectivity index (χ3n) is 4.06. The third kappa shape index (κ3) is 2.42. The molecule has 1 fully saturated rings. The Morgan fingerprint density at radius 3 is 3.00 bits per heavy atom. The number of anilines is 1. The number of H-pyrrole nitrogens is 1. The average Bonchev–Trinajstić information content (AvgIpc) is 2.74. The number of hydrogen-bond donors (Lipinski definition) is 1. The number of nitrogens with one attached hydrogen (secondary N) is 1. The predicted molar refractivity (Wildman–Crippen MR) is 77.4 cm³/mol. The van der Waals surface area contributed by atoms with E-state index in [1.54, 1.807) is 6.33 Å². The largest absolute Gasteiger partial charge is 0.356 e. The van der Waals surface area contributed by atoms with E-state index in [-0.39, 0.29) is 0 Å². The molecular weight excluding hydrogens is 238 g/mol. The van der Waals surface area contributed by atoms with Gasteiger partial charge < -0.3 is 14.8 Å². The maximum Gasteiger partial charge on any atom is 0.142 e. The summed E-state index contributed by atoms with van der Waals surface area (Å²) in [6, 6.07) is 2.76. The van der Waals surface area contributed by atoms with Gasteiger partial charge in [-0.15, -0.1) is 0 Å². The molecule has 0 amide bonds. The van der Waals surface area contributed by atoms with Crippen LogP contribution in [0.4, 0.5) is 5.82 Å². The summed E-state index contributed by atoms with van der Waals surface area (Å²) in [6.07, 6.45) is 7.28. The second-order valence-electron chi connectivity index (χ2n) is 5.47. The molecule has 3 rings (SSSR count). The first kappa shape index (κ1) is 12.4. The fourth-order valence-electron chi connectivity index (χ4n) is 2.92. The van der Waals surface area contributed by atoms with Crippen LogP contribution in [0.25, 0.3) is 11.0 Å². The second kappa shape index (κ2) is 5.17. The van der Waals surface area contributed by atoms with Crippen molar-refractivity contribution in [1.29, 1.82) is 0 Å². The van der Waals surface area contributed by atoms with Crippen molar-refractivity contribution in [3.8, 4) is 0 Å². The Hall–Kier alpha value is -1.62. The van der Waals surface area contributed by atoms with E-state index in [0.29, 0.717) is 6.04 Å². The van der Waals surface area contributed by atoms with Crippen molar-refractivity contribution < 1.29 is 0 Å². The van der Waals surface area contributed by atoms with Crippen LogP contribution < -0.4 is 4.90 Å². The first-order valence-electron chi connectivity index (χ1n) is 6.95. The Labute approximate surface area is 113 Å². The zero-order valence-corrected chi connectivity index (χ0v) is 11.6. The molecule has 0 aromatic carbocycles. The molecule has 0 radical (unpaired) electrons. The van der Waals surface area contributed by atoms with Gasteiger partial charge in [0.1, 0.15) is 17.8 Å². The highest BCUT2D eigenvalue weighted by Gasteiger charge is 2.20. The standard InChI is InChI=1S/C14H21N5/c1-18(2)11-4-3-8-19(9-6-11)14-12-5-7-15-13(12)16-10-17-14/h5,7,10-11H,3-4,6,8-9H2,1-2H3,(H,15,16,17)/t11-/m1/s1. The molecule has 19 heavy (non-hydrogen) atoms. The molecule has 1 saturated heterocycles. The zero-order chi connectivity index (χ0) is 13.2. The molecule has 0 spiro atoms. The van der Waals surface area contributed by atoms with Crippen molar-refractivity contribution in [2.75, 3.05) is 32.1 Å². The molecule has 0 saturated carbocycles. The summed E-state index contributed by atoms with van der Waals surface area (Å²) in [5.41, 5.74) is 0.929. The zero-order valence-electron chi connectivity index (χ0n) is 11.6. The third-order valence-corrected chi connectivity index (χ3v) is 4.06. The predicted octanol–water partition coefficient (Wildman–Crippen LogP) is 1.88. The second-order valence-corrected chi connectivity index (χ2v) is 5.47. The van der Waals surface area contributed by atoms with Crippen molar-refractivity contribution >= 4 is 16.9 Å². The molecule has 1 atom stereocenters. The van der Waals surface area contributed by atoms with Crippen LogP contribution in [-0.2, 0) is 0 Å². The van der Waals surface area contributed by atoms with Crippen LogP contribution >= 0.6 is 0 Å². The molecule has 1 N–H and O–H groups in total. The Morgan fingerprint density at radius 1 is 1.26 bits per heavy atom. The number of hydrogen-bond acceptors (Lipinski definition) is 4. The average molecular weight is 259 g/mol. The highest BCUT2D eigenvalue weighted by Crippen LogP contribution is 2.25. The Morgan fingerprint density at radius 2 is 2.16 bits per heavy atom. The summed E-state index contributed by atoms with van der Waals surface area (Å²) in [5, 5.41) is 1.13. The highest BCUT2D eigenvalue weighted by atomic mass is 15.2. The van der Waals surface area contributed by atoms with Crippen LogP contribution in [0.15, 0.2) is 18.6 Å². The van der Waals surface area contributed by atoms with Crippen LogP contribution in [-0.4, -0.2) is 53.1 Å². The lowest BCUT2D eigenvalue weighted by molar-refractivity contribution is 0.272. The van der Waals surface area contributed by atoms with E-state index in [0.717, 1.165) is 29.9 Å². The van der Waals surface area contributed by atoms with Gasteiger partial charge in [-0.2, -0.15) is 0 Å². The topological polar surface area (TPSA) is 48.1 Å². The van der Waals surface area contributed by atoms with Crippen molar-refractivity contribution in [1.82, 2.24) is 19.9 Å². The van der Waals surface area contributed by atoms with Crippen LogP contribution in [0.2, 0.25) is 0 Å². The van der Waals surface area contributed by atoms with Gasteiger partial charge >= 0.3 is 0 Å². The van der Waals surface area contributed by atoms with E-state index < -0.39 is 0 Å². The molecule has 0 aliphatic carbocycles. The quantitative estimate of drug-likeness (QED) is 0.894. The van der Waals surface area contributed by atoms with Gasteiger partial charge in [0.2, 0.25) is 0 Å². The fraction of sp³-hybridized carbons (Fsp3) is 0.571. The van der Waals surface area contributed by atoms with E-state index in [1.165, 1.54) is 19.3 Å². The van der Waals surface area contributed by atoms with Crippen molar-refractivity contribution in [2.24, 2.45) is 0 Å². The van der Waals surface area contributed by atoms with Gasteiger partial charge in [0.15, 0.2) is 0 Å². The molecule has 5 heteroatoms. The molecule has 2 aromatic heterocycles. The van der Waals surface area contributed by atoms with E-state index in [1.807, 2.05) is 6.20 Å². The molecule has 1 aliphatic heterocycles. The van der Waals surface area contributed by atoms with E-state index in [2.05, 4.69) is 44.9 Å². The van der Waals surface area contributed by atoms with Gasteiger partial charge in [-0.25, -0.2) is 9.97 Å². The summed E-state index contributed by atoms with van der Waals surface area (Å²) in [7, 11) is 4.35. The maximum atomic E-state index is 4.50. The lowest BCUT2D eigenvalue weighted by Gasteiger charge is -2.24. The van der Waals surface area contributed by atoms with Crippen molar-refractivity contribution in [2.45, 2.75) is 25.3 Å². The summed E-state index contributed by atoms with van der Waals surface area (Å²) >= 11 is 0.